The molecule has 0 fully saturated rings. The molecule has 30 heavy (non-hydrogen) atoms. The smallest absolute Gasteiger partial charge is 0.165 e. The first kappa shape index (κ1) is 17.1. The summed E-state index contributed by atoms with van der Waals surface area (Å²) in [6.07, 6.45) is 3.25. The Bertz CT molecular complexity index is 1500. The number of fused-ring (bicyclic) bond motifs is 1. The van der Waals surface area contributed by atoms with E-state index in [-0.39, 0.29) is 0 Å². The van der Waals surface area contributed by atoms with Crippen LogP contribution in [0, 0.1) is 0 Å². The minimum Gasteiger partial charge on any atom is -0.382 e. The highest BCUT2D eigenvalue weighted by molar-refractivity contribution is 6.23. The van der Waals surface area contributed by atoms with Gasteiger partial charge in [-0.1, -0.05) is 54.6 Å². The van der Waals surface area contributed by atoms with Crippen LogP contribution in [0.4, 0.5) is 5.82 Å². The van der Waals surface area contributed by atoms with E-state index in [0.717, 1.165) is 25.3 Å². The summed E-state index contributed by atoms with van der Waals surface area (Å²) < 4.78 is 2.00. The van der Waals surface area contributed by atoms with E-state index in [0.29, 0.717) is 11.3 Å². The van der Waals surface area contributed by atoms with E-state index >= 15 is 0 Å². The molecule has 6 nitrogen and oxygen atoms in total. The fraction of sp³-hybridized carbons (Fsp3) is 0.125. The highest BCUT2D eigenvalue weighted by Crippen LogP contribution is 2.35. The van der Waals surface area contributed by atoms with Crippen LogP contribution in [0.3, 0.4) is 0 Å². The quantitative estimate of drug-likeness (QED) is 0.341. The monoisotopic (exact) mass is 392 g/mol. The van der Waals surface area contributed by atoms with Gasteiger partial charge in [0.2, 0.25) is 0 Å². The molecule has 0 spiro atoms. The molecular weight excluding hydrogens is 372 g/mol. The molecule has 6 heteroatoms. The molecule has 0 radical (unpaired) electrons. The molecule has 0 atom stereocenters. The first-order chi connectivity index (χ1) is 14.8. The Morgan fingerprint density at radius 1 is 0.833 bits per heavy atom. The summed E-state index contributed by atoms with van der Waals surface area (Å²) in [6.45, 7) is 2.37. The molecule has 0 aliphatic heterocycles. The third-order valence-corrected chi connectivity index (χ3v) is 5.89. The van der Waals surface area contributed by atoms with Gasteiger partial charge in [-0.2, -0.15) is 0 Å². The average Bonchev–Trinajstić information content (AvgIpc) is 3.20. The van der Waals surface area contributed by atoms with Crippen molar-refractivity contribution in [3.63, 3.8) is 0 Å². The number of hydrogen-bond donors (Lipinski definition) is 2. The van der Waals surface area contributed by atoms with Gasteiger partial charge in [-0.3, -0.25) is 0 Å². The fourth-order valence-electron chi connectivity index (χ4n) is 4.43. The van der Waals surface area contributed by atoms with Crippen molar-refractivity contribution in [2.24, 2.45) is 0 Å². The van der Waals surface area contributed by atoms with Crippen LogP contribution in [0.2, 0.25) is 0 Å². The van der Waals surface area contributed by atoms with Crippen molar-refractivity contribution in [1.82, 2.24) is 24.8 Å². The van der Waals surface area contributed by atoms with Gasteiger partial charge < -0.3 is 15.6 Å². The molecule has 6 aromatic rings. The summed E-state index contributed by atoms with van der Waals surface area (Å²) >= 11 is 0. The minimum atomic E-state index is 0.417. The molecule has 4 aromatic carbocycles. The van der Waals surface area contributed by atoms with Crippen LogP contribution in [0.1, 0.15) is 5.56 Å². The average molecular weight is 392 g/mol. The van der Waals surface area contributed by atoms with E-state index in [9.17, 15) is 0 Å². The lowest BCUT2D eigenvalue weighted by Gasteiger charge is -2.14. The van der Waals surface area contributed by atoms with Gasteiger partial charge in [-0.25, -0.2) is 15.0 Å². The van der Waals surface area contributed by atoms with Crippen LogP contribution < -0.4 is 11.1 Å². The number of hydrogen-bond acceptors (Lipinski definition) is 5. The fourth-order valence-corrected chi connectivity index (χ4v) is 4.43. The Morgan fingerprint density at radius 3 is 2.47 bits per heavy atom. The largest absolute Gasteiger partial charge is 0.382 e. The lowest BCUT2D eigenvalue weighted by molar-refractivity contribution is 0.605. The summed E-state index contributed by atoms with van der Waals surface area (Å²) in [5.41, 5.74) is 8.61. The second-order valence-electron chi connectivity index (χ2n) is 7.63. The number of benzene rings is 4. The topological polar surface area (TPSA) is 81.7 Å². The first-order valence-electron chi connectivity index (χ1n) is 10.1. The van der Waals surface area contributed by atoms with Crippen molar-refractivity contribution in [2.75, 3.05) is 12.3 Å². The van der Waals surface area contributed by atoms with Crippen molar-refractivity contribution in [3.05, 3.63) is 72.8 Å². The Labute approximate surface area is 172 Å². The molecule has 6 rings (SSSR count). The molecule has 146 valence electrons. The zero-order chi connectivity index (χ0) is 20.1. The molecule has 0 aliphatic carbocycles. The number of rotatable bonds is 5. The summed E-state index contributed by atoms with van der Waals surface area (Å²) in [4.78, 5) is 12.6. The van der Waals surface area contributed by atoms with E-state index < -0.39 is 0 Å². The van der Waals surface area contributed by atoms with Gasteiger partial charge in [0.05, 0.1) is 6.33 Å². The lowest BCUT2D eigenvalue weighted by atomic mass is 9.92. The maximum atomic E-state index is 5.87. The Balaban J connectivity index is 1.27. The normalized spacial score (nSPS) is 12.0. The Hall–Kier alpha value is -3.77. The van der Waals surface area contributed by atoms with Crippen molar-refractivity contribution in [1.29, 1.82) is 0 Å². The van der Waals surface area contributed by atoms with Crippen molar-refractivity contribution in [2.45, 2.75) is 13.1 Å². The molecule has 0 amide bonds. The maximum absolute atomic E-state index is 5.87. The summed E-state index contributed by atoms with van der Waals surface area (Å²) in [5.74, 6) is 0.417. The van der Waals surface area contributed by atoms with Gasteiger partial charge in [-0.05, 0) is 37.9 Å². The van der Waals surface area contributed by atoms with Gasteiger partial charge in [0.1, 0.15) is 11.8 Å². The number of nitrogen functional groups attached to an aromatic ring is 1. The molecule has 0 saturated heterocycles. The summed E-state index contributed by atoms with van der Waals surface area (Å²) in [5, 5.41) is 11.5. The van der Waals surface area contributed by atoms with Crippen LogP contribution in [-0.4, -0.2) is 26.1 Å². The van der Waals surface area contributed by atoms with Crippen molar-refractivity contribution in [3.8, 4) is 0 Å². The zero-order valence-electron chi connectivity index (χ0n) is 16.3. The van der Waals surface area contributed by atoms with Crippen LogP contribution >= 0.6 is 0 Å². The Kier molecular flexibility index (Phi) is 3.79. The van der Waals surface area contributed by atoms with Gasteiger partial charge in [0.25, 0.3) is 0 Å². The SMILES string of the molecule is Nc1ncnc2c1ncn2CCNCc1ccc2ccc3cccc4ccc1c2c34. The molecule has 2 heterocycles. The molecule has 3 N–H and O–H groups in total. The number of nitrogens with one attached hydrogen (secondary N) is 1. The van der Waals surface area contributed by atoms with E-state index in [2.05, 4.69) is 74.9 Å². The van der Waals surface area contributed by atoms with Gasteiger partial charge in [0.15, 0.2) is 11.5 Å². The number of nitrogens with zero attached hydrogens (tertiary/aromatic N) is 4. The second kappa shape index (κ2) is 6.64. The standard InChI is InChI=1S/C24H20N6/c25-23-22-24(28-13-27-23)30(14-29-22)11-10-26-12-18-7-6-17-5-4-15-2-1-3-16-8-9-19(18)21(17)20(15)16/h1-9,13-14,26H,10-12H2,(H2,25,27,28). The minimum absolute atomic E-state index is 0.417. The molecule has 0 unspecified atom stereocenters. The first-order valence-corrected chi connectivity index (χ1v) is 10.1. The van der Waals surface area contributed by atoms with Crippen molar-refractivity contribution >= 4 is 49.3 Å². The van der Waals surface area contributed by atoms with Crippen LogP contribution in [0.25, 0.3) is 43.5 Å². The highest BCUT2D eigenvalue weighted by Gasteiger charge is 2.11. The Morgan fingerprint density at radius 2 is 1.60 bits per heavy atom. The van der Waals surface area contributed by atoms with E-state index in [1.54, 1.807) is 6.33 Å². The summed E-state index contributed by atoms with van der Waals surface area (Å²) in [6, 6.07) is 19.9. The van der Waals surface area contributed by atoms with Gasteiger partial charge in [0, 0.05) is 19.6 Å². The number of imidazole rings is 1. The second-order valence-corrected chi connectivity index (χ2v) is 7.63. The summed E-state index contributed by atoms with van der Waals surface area (Å²) in [7, 11) is 0. The number of aromatic nitrogens is 4. The van der Waals surface area contributed by atoms with E-state index in [4.69, 9.17) is 5.73 Å². The third kappa shape index (κ3) is 2.58. The zero-order valence-corrected chi connectivity index (χ0v) is 16.3. The van der Waals surface area contributed by atoms with Gasteiger partial charge in [-0.15, -0.1) is 0 Å². The number of anilines is 1. The van der Waals surface area contributed by atoms with E-state index in [1.165, 1.54) is 44.2 Å². The highest BCUT2D eigenvalue weighted by atomic mass is 15.1. The molecular formula is C24H20N6. The predicted molar refractivity (Wildman–Crippen MR) is 122 cm³/mol. The van der Waals surface area contributed by atoms with Crippen LogP contribution in [-0.2, 0) is 13.1 Å². The molecule has 0 bridgehead atoms. The molecule has 0 aliphatic rings. The van der Waals surface area contributed by atoms with Crippen molar-refractivity contribution < 1.29 is 0 Å². The molecule has 2 aromatic heterocycles. The molecule has 0 saturated carbocycles. The lowest BCUT2D eigenvalue weighted by Crippen LogP contribution is -2.19. The van der Waals surface area contributed by atoms with Crippen LogP contribution in [0.5, 0.6) is 0 Å². The maximum Gasteiger partial charge on any atom is 0.165 e. The van der Waals surface area contributed by atoms with Gasteiger partial charge >= 0.3 is 0 Å². The number of nitrogens with two attached hydrogens (primary N) is 1. The predicted octanol–water partition coefficient (Wildman–Crippen LogP) is 4.10. The third-order valence-electron chi connectivity index (χ3n) is 5.89. The van der Waals surface area contributed by atoms with Crippen LogP contribution in [0.15, 0.2) is 67.3 Å². The van der Waals surface area contributed by atoms with E-state index in [1.807, 2.05) is 4.57 Å².